The fraction of sp³-hybridized carbons (Fsp3) is 0.700. The van der Waals surface area contributed by atoms with Gasteiger partial charge in [0.25, 0.3) is 0 Å². The van der Waals surface area contributed by atoms with Gasteiger partial charge >= 0.3 is 5.97 Å². The van der Waals surface area contributed by atoms with Crippen LogP contribution in [0, 0.1) is 5.92 Å². The van der Waals surface area contributed by atoms with Crippen LogP contribution in [-0.2, 0) is 14.4 Å². The third-order valence-electron chi connectivity index (χ3n) is 1.95. The second-order valence-corrected chi connectivity index (χ2v) is 3.83. The fourth-order valence-electron chi connectivity index (χ4n) is 1.05. The van der Waals surface area contributed by atoms with Crippen LogP contribution < -0.4 is 5.32 Å². The summed E-state index contributed by atoms with van der Waals surface area (Å²) in [5.74, 6) is -1.71. The van der Waals surface area contributed by atoms with Gasteiger partial charge in [-0.1, -0.05) is 13.8 Å². The molecule has 1 atom stereocenters. The van der Waals surface area contributed by atoms with Crippen LogP contribution in [0.15, 0.2) is 0 Å². The van der Waals surface area contributed by atoms with Crippen LogP contribution in [-0.4, -0.2) is 28.8 Å². The molecule has 0 radical (unpaired) electrons. The molecule has 0 saturated carbocycles. The summed E-state index contributed by atoms with van der Waals surface area (Å²) in [6.07, 6.45) is 0.197. The van der Waals surface area contributed by atoms with Gasteiger partial charge in [0.1, 0.15) is 11.8 Å². The number of aliphatic carboxylic acids is 1. The Balaban J connectivity index is 4.12. The van der Waals surface area contributed by atoms with E-state index in [-0.39, 0.29) is 24.5 Å². The molecule has 0 aromatic rings. The van der Waals surface area contributed by atoms with Gasteiger partial charge in [-0.15, -0.1) is 0 Å². The van der Waals surface area contributed by atoms with Crippen molar-refractivity contribution in [2.45, 2.75) is 39.7 Å². The summed E-state index contributed by atoms with van der Waals surface area (Å²) in [4.78, 5) is 32.6. The average Bonchev–Trinajstić information content (AvgIpc) is 2.09. The van der Waals surface area contributed by atoms with Gasteiger partial charge in [-0.3, -0.25) is 4.79 Å². The van der Waals surface area contributed by atoms with Gasteiger partial charge in [-0.05, 0) is 12.8 Å². The molecule has 0 bridgehead atoms. The Labute approximate surface area is 88.9 Å². The molecule has 86 valence electrons. The van der Waals surface area contributed by atoms with Gasteiger partial charge in [0, 0.05) is 12.8 Å². The molecule has 1 amide bonds. The van der Waals surface area contributed by atoms with Crippen LogP contribution in [0.1, 0.15) is 33.6 Å². The number of carboxylic acids is 1. The van der Waals surface area contributed by atoms with E-state index in [4.69, 9.17) is 5.11 Å². The quantitative estimate of drug-likeness (QED) is 0.679. The van der Waals surface area contributed by atoms with E-state index in [2.05, 4.69) is 5.32 Å². The highest BCUT2D eigenvalue weighted by atomic mass is 16.4. The summed E-state index contributed by atoms with van der Waals surface area (Å²) in [6, 6.07) is -0.885. The average molecular weight is 215 g/mol. The van der Waals surface area contributed by atoms with E-state index in [0.29, 0.717) is 0 Å². The molecule has 0 heterocycles. The van der Waals surface area contributed by atoms with Crippen molar-refractivity contribution in [3.05, 3.63) is 0 Å². The summed E-state index contributed by atoms with van der Waals surface area (Å²) in [6.45, 7) is 4.82. The number of ketones is 1. The zero-order valence-electron chi connectivity index (χ0n) is 9.24. The molecule has 0 saturated heterocycles. The summed E-state index contributed by atoms with van der Waals surface area (Å²) in [5.41, 5.74) is 0. The molecule has 0 spiro atoms. The molecule has 5 nitrogen and oxygen atoms in total. The summed E-state index contributed by atoms with van der Waals surface area (Å²) >= 11 is 0. The van der Waals surface area contributed by atoms with E-state index < -0.39 is 17.9 Å². The Kier molecular flexibility index (Phi) is 5.59. The van der Waals surface area contributed by atoms with Crippen LogP contribution in [0.25, 0.3) is 0 Å². The van der Waals surface area contributed by atoms with Gasteiger partial charge in [0.2, 0.25) is 5.91 Å². The fourth-order valence-corrected chi connectivity index (χ4v) is 1.05. The van der Waals surface area contributed by atoms with Crippen molar-refractivity contribution in [3.8, 4) is 0 Å². The Morgan fingerprint density at radius 1 is 1.20 bits per heavy atom. The van der Waals surface area contributed by atoms with Crippen molar-refractivity contribution in [3.63, 3.8) is 0 Å². The predicted molar refractivity (Wildman–Crippen MR) is 54.3 cm³/mol. The molecular weight excluding hydrogens is 198 g/mol. The maximum atomic E-state index is 11.2. The lowest BCUT2D eigenvalue weighted by Gasteiger charge is -2.17. The highest BCUT2D eigenvalue weighted by molar-refractivity contribution is 5.86. The van der Waals surface area contributed by atoms with E-state index >= 15 is 0 Å². The number of carbonyl (C=O) groups excluding carboxylic acids is 2. The third kappa shape index (κ3) is 5.83. The van der Waals surface area contributed by atoms with Gasteiger partial charge in [-0.2, -0.15) is 0 Å². The molecule has 0 fully saturated rings. The molecular formula is C10H17NO4. The number of hydrogen-bond acceptors (Lipinski definition) is 3. The number of hydrogen-bond donors (Lipinski definition) is 2. The summed E-state index contributed by atoms with van der Waals surface area (Å²) in [7, 11) is 0. The monoisotopic (exact) mass is 215 g/mol. The third-order valence-corrected chi connectivity index (χ3v) is 1.95. The number of nitrogens with one attached hydrogen (secondary N) is 1. The molecule has 15 heavy (non-hydrogen) atoms. The Hall–Kier alpha value is -1.39. The van der Waals surface area contributed by atoms with Crippen molar-refractivity contribution >= 4 is 17.7 Å². The number of Topliss-reactive ketones (excluding diaryl/α,β-unsaturated/α-hetero) is 1. The molecule has 0 aliphatic heterocycles. The minimum absolute atomic E-state index is 0.0475. The van der Waals surface area contributed by atoms with Crippen LogP contribution >= 0.6 is 0 Å². The first-order valence-corrected chi connectivity index (χ1v) is 4.86. The summed E-state index contributed by atoms with van der Waals surface area (Å²) in [5, 5.41) is 11.2. The first-order chi connectivity index (χ1) is 6.84. The molecule has 0 aliphatic carbocycles. The van der Waals surface area contributed by atoms with Crippen LogP contribution in [0.4, 0.5) is 0 Å². The van der Waals surface area contributed by atoms with E-state index in [0.717, 1.165) is 0 Å². The SMILES string of the molecule is CC(=O)CCC(=O)NC(C(=O)O)C(C)C. The number of rotatable bonds is 6. The van der Waals surface area contributed by atoms with Gasteiger partial charge in [0.05, 0.1) is 0 Å². The van der Waals surface area contributed by atoms with E-state index in [1.165, 1.54) is 6.92 Å². The maximum Gasteiger partial charge on any atom is 0.326 e. The van der Waals surface area contributed by atoms with Gasteiger partial charge < -0.3 is 15.2 Å². The number of carbonyl (C=O) groups is 3. The zero-order valence-corrected chi connectivity index (χ0v) is 9.24. The topological polar surface area (TPSA) is 83.5 Å². The Morgan fingerprint density at radius 3 is 2.07 bits per heavy atom. The molecule has 2 N–H and O–H groups in total. The predicted octanol–water partition coefficient (Wildman–Crippen LogP) is 0.581. The normalized spacial score (nSPS) is 12.3. The minimum atomic E-state index is -1.05. The van der Waals surface area contributed by atoms with E-state index in [9.17, 15) is 14.4 Å². The van der Waals surface area contributed by atoms with Gasteiger partial charge in [0.15, 0.2) is 0 Å². The lowest BCUT2D eigenvalue weighted by molar-refractivity contribution is -0.143. The first-order valence-electron chi connectivity index (χ1n) is 4.86. The van der Waals surface area contributed by atoms with E-state index in [1.54, 1.807) is 13.8 Å². The van der Waals surface area contributed by atoms with Crippen molar-refractivity contribution in [2.24, 2.45) is 5.92 Å². The van der Waals surface area contributed by atoms with Crippen LogP contribution in [0.5, 0.6) is 0 Å². The molecule has 5 heteroatoms. The van der Waals surface area contributed by atoms with Crippen LogP contribution in [0.3, 0.4) is 0 Å². The largest absolute Gasteiger partial charge is 0.480 e. The highest BCUT2D eigenvalue weighted by Gasteiger charge is 2.23. The lowest BCUT2D eigenvalue weighted by atomic mass is 10.0. The zero-order chi connectivity index (χ0) is 12.0. The maximum absolute atomic E-state index is 11.2. The number of carboxylic acid groups (broad SMARTS) is 1. The summed E-state index contributed by atoms with van der Waals surface area (Å²) < 4.78 is 0. The van der Waals surface area contributed by atoms with Crippen LogP contribution in [0.2, 0.25) is 0 Å². The number of amides is 1. The Bertz CT molecular complexity index is 260. The van der Waals surface area contributed by atoms with Crippen molar-refractivity contribution in [1.29, 1.82) is 0 Å². The molecule has 0 aliphatic rings. The smallest absolute Gasteiger partial charge is 0.326 e. The standard InChI is InChI=1S/C10H17NO4/c1-6(2)9(10(14)15)11-8(13)5-4-7(3)12/h6,9H,4-5H2,1-3H3,(H,11,13)(H,14,15). The first kappa shape index (κ1) is 13.6. The molecule has 0 rings (SSSR count). The second kappa shape index (κ2) is 6.16. The Morgan fingerprint density at radius 2 is 1.73 bits per heavy atom. The molecule has 0 aromatic heterocycles. The minimum Gasteiger partial charge on any atom is -0.480 e. The second-order valence-electron chi connectivity index (χ2n) is 3.83. The van der Waals surface area contributed by atoms with Crippen molar-refractivity contribution < 1.29 is 19.5 Å². The molecule has 0 aromatic carbocycles. The lowest BCUT2D eigenvalue weighted by Crippen LogP contribution is -2.44. The van der Waals surface area contributed by atoms with Gasteiger partial charge in [-0.25, -0.2) is 4.79 Å². The highest BCUT2D eigenvalue weighted by Crippen LogP contribution is 2.02. The van der Waals surface area contributed by atoms with E-state index in [1.807, 2.05) is 0 Å². The molecule has 1 unspecified atom stereocenters. The van der Waals surface area contributed by atoms with Crippen molar-refractivity contribution in [2.75, 3.05) is 0 Å². The van der Waals surface area contributed by atoms with Crippen molar-refractivity contribution in [1.82, 2.24) is 5.32 Å².